The molecule has 0 aromatic heterocycles. The zero-order valence-electron chi connectivity index (χ0n) is 58.4. The van der Waals surface area contributed by atoms with Gasteiger partial charge in [-0.1, -0.05) is 204 Å². The molecule has 6 atom stereocenters. The first-order valence-corrected chi connectivity index (χ1v) is 34.9. The van der Waals surface area contributed by atoms with Crippen molar-refractivity contribution in [2.24, 2.45) is 11.8 Å². The van der Waals surface area contributed by atoms with Crippen LogP contribution in [-0.2, 0) is 65.7 Å². The van der Waals surface area contributed by atoms with Crippen LogP contribution in [0, 0.1) is 11.8 Å². The number of carbonyl (C=O) groups is 9. The minimum atomic E-state index is -3.71. The summed E-state index contributed by atoms with van der Waals surface area (Å²) < 4.78 is 33.7. The highest BCUT2D eigenvalue weighted by molar-refractivity contribution is 7.97. The predicted molar refractivity (Wildman–Crippen MR) is 385 cm³/mol. The van der Waals surface area contributed by atoms with Crippen LogP contribution in [0.15, 0.2) is 200 Å². The first kappa shape index (κ1) is 76.8. The van der Waals surface area contributed by atoms with Gasteiger partial charge >= 0.3 is 24.1 Å². The van der Waals surface area contributed by atoms with Crippen LogP contribution < -0.4 is 57.3 Å². The van der Waals surface area contributed by atoms with Gasteiger partial charge in [0, 0.05) is 0 Å². The van der Waals surface area contributed by atoms with E-state index in [9.17, 15) is 28.8 Å². The Hall–Kier alpha value is -10.5. The molecular formula is C78H91N6O15P. The average molecular weight is 1380 g/mol. The average Bonchev–Trinajstić information content (AvgIpc) is 0.725. The molecule has 21 nitrogen and oxygen atoms in total. The van der Waals surface area contributed by atoms with Crippen molar-refractivity contribution in [3.63, 3.8) is 0 Å². The summed E-state index contributed by atoms with van der Waals surface area (Å²) in [7, 11) is 3.04. The van der Waals surface area contributed by atoms with Crippen LogP contribution in [0.1, 0.15) is 110 Å². The van der Waals surface area contributed by atoms with Gasteiger partial charge < -0.3 is 60.3 Å². The van der Waals surface area contributed by atoms with Crippen molar-refractivity contribution in [2.75, 3.05) is 14.2 Å². The van der Waals surface area contributed by atoms with Gasteiger partial charge in [-0.05, 0) is 129 Å². The Morgan fingerprint density at radius 3 is 1.32 bits per heavy atom. The van der Waals surface area contributed by atoms with Gasteiger partial charge in [0.25, 0.3) is 5.91 Å². The van der Waals surface area contributed by atoms with E-state index in [1.807, 2.05) is 100 Å². The fourth-order valence-corrected chi connectivity index (χ4v) is 15.5. The third-order valence-corrected chi connectivity index (χ3v) is 20.2. The molecule has 7 aromatic rings. The van der Waals surface area contributed by atoms with Gasteiger partial charge in [0.1, 0.15) is 60.6 Å². The van der Waals surface area contributed by atoms with Crippen LogP contribution >= 0.6 is 6.89 Å². The molecule has 528 valence electrons. The van der Waals surface area contributed by atoms with E-state index in [1.165, 1.54) is 28.1 Å². The highest BCUT2D eigenvalue weighted by atomic mass is 31.2. The summed E-state index contributed by atoms with van der Waals surface area (Å²) in [6.45, 7) is 10.8. The lowest BCUT2D eigenvalue weighted by Gasteiger charge is -2.34. The maximum Gasteiger partial charge on any atom is 0.408 e. The van der Waals surface area contributed by atoms with Gasteiger partial charge in [0.15, 0.2) is 5.78 Å². The third kappa shape index (κ3) is 22.0. The second-order valence-electron chi connectivity index (χ2n) is 25.8. The zero-order chi connectivity index (χ0) is 72.5. The summed E-state index contributed by atoms with van der Waals surface area (Å²) in [4.78, 5) is 133. The highest BCUT2D eigenvalue weighted by Gasteiger charge is 2.43. The van der Waals surface area contributed by atoms with Crippen LogP contribution in [0.2, 0.25) is 0 Å². The van der Waals surface area contributed by atoms with Gasteiger partial charge in [-0.25, -0.2) is 19.2 Å². The Bertz CT molecular complexity index is 3780. The second kappa shape index (κ2) is 36.9. The first-order chi connectivity index (χ1) is 47.8. The number of benzene rings is 7. The number of Topliss-reactive ketones (excluding diaryl/α,β-unsaturated/α-hetero) is 1. The molecule has 6 N–H and O–H groups in total. The fourth-order valence-electron chi connectivity index (χ4n) is 11.1. The molecule has 0 fully saturated rings. The van der Waals surface area contributed by atoms with Crippen molar-refractivity contribution in [1.82, 2.24) is 31.9 Å². The molecule has 0 bridgehead atoms. The van der Waals surface area contributed by atoms with Crippen LogP contribution in [0.25, 0.3) is 0 Å². The number of esters is 2. The second-order valence-corrected chi connectivity index (χ2v) is 29.2. The number of ether oxygens (including phenoxy) is 6. The molecule has 7 aromatic carbocycles. The van der Waals surface area contributed by atoms with Gasteiger partial charge in [-0.15, -0.1) is 0 Å². The molecule has 1 unspecified atom stereocenters. The number of alkyl carbamates (subject to hydrolysis) is 2. The van der Waals surface area contributed by atoms with Gasteiger partial charge in [-0.2, -0.15) is 0 Å². The predicted octanol–water partition coefficient (Wildman–Crippen LogP) is 9.47. The van der Waals surface area contributed by atoms with Crippen LogP contribution in [0.3, 0.4) is 0 Å². The van der Waals surface area contributed by atoms with Crippen molar-refractivity contribution in [2.45, 2.75) is 143 Å². The van der Waals surface area contributed by atoms with E-state index in [0.29, 0.717) is 49.7 Å². The summed E-state index contributed by atoms with van der Waals surface area (Å²) in [6.07, 6.45) is -4.41. The van der Waals surface area contributed by atoms with Gasteiger partial charge in [-0.3, -0.25) is 24.0 Å². The smallest absolute Gasteiger partial charge is 0.408 e. The van der Waals surface area contributed by atoms with Crippen molar-refractivity contribution < 1.29 is 71.6 Å². The van der Waals surface area contributed by atoms with Crippen molar-refractivity contribution in [1.29, 1.82) is 0 Å². The minimum Gasteiger partial charge on any atom is -0.497 e. The maximum absolute atomic E-state index is 16.6. The number of ketones is 1. The number of nitrogens with one attached hydrogen (secondary N) is 6. The molecule has 7 rings (SSSR count). The van der Waals surface area contributed by atoms with E-state index in [4.69, 9.17) is 28.4 Å². The maximum atomic E-state index is 16.6. The molecule has 0 spiro atoms. The summed E-state index contributed by atoms with van der Waals surface area (Å²) in [5.74, 6) is -5.72. The monoisotopic (exact) mass is 1380 g/mol. The summed E-state index contributed by atoms with van der Waals surface area (Å²) >= 11 is 0. The van der Waals surface area contributed by atoms with E-state index in [0.717, 1.165) is 0 Å². The molecule has 0 saturated carbocycles. The Morgan fingerprint density at radius 1 is 0.440 bits per heavy atom. The molecule has 0 saturated heterocycles. The van der Waals surface area contributed by atoms with E-state index < -0.39 is 115 Å². The van der Waals surface area contributed by atoms with Crippen LogP contribution in [0.5, 0.6) is 11.5 Å². The van der Waals surface area contributed by atoms with E-state index in [1.54, 1.807) is 148 Å². The van der Waals surface area contributed by atoms with E-state index in [2.05, 4.69) is 31.9 Å². The first-order valence-electron chi connectivity index (χ1n) is 33.1. The Kier molecular flexibility index (Phi) is 28.3. The van der Waals surface area contributed by atoms with Gasteiger partial charge in [0.05, 0.1) is 38.0 Å². The number of hydrogen-bond donors (Lipinski definition) is 6. The number of rotatable bonds is 32. The fraction of sp³-hybridized carbons (Fsp3) is 0.333. The van der Waals surface area contributed by atoms with Crippen molar-refractivity contribution in [3.05, 3.63) is 222 Å². The highest BCUT2D eigenvalue weighted by Crippen LogP contribution is 2.47. The number of hydrogen-bond acceptors (Lipinski definition) is 15. The Balaban J connectivity index is 1.23. The molecule has 100 heavy (non-hydrogen) atoms. The largest absolute Gasteiger partial charge is 0.497 e. The van der Waals surface area contributed by atoms with Crippen molar-refractivity contribution in [3.8, 4) is 11.5 Å². The summed E-state index contributed by atoms with van der Waals surface area (Å²) in [6, 6.07) is 50.4. The minimum absolute atomic E-state index is 0.0820. The standard InChI is InChI=1S/C78H91N6O15P/c1-50(2)45-63(69(86)70(73(89)81-65(46-51(3)4)75(91)96-48-54-27-17-12-18-28-54)100(60-31-21-14-22-32-60,61-33-23-15-24-34-61)62-35-25-16-26-36-62)80-72(88)67(84-77(93)99-78(7,8)9)53(6)98-74(90)52(5)79-71(87)64(82-76(92)97-49-55-29-19-13-20-30-55)47-66(85)83-68(56-37-41-58(94-10)42-38-56)57-39-43-59(95-11)44-40-57/h12-44,50-53,63-65,67-68H,45-49H2,1-11H3,(H,79,87)(H,80,88)(H,81,89)(H,82,92)(H,83,85)(H,84,93)/t52-,53?,63+,64+,65+,67+/m1/s1. The topological polar surface area (TPSA) is 281 Å². The lowest BCUT2D eigenvalue weighted by molar-refractivity contribution is -0.154. The molecule has 0 heterocycles. The third-order valence-electron chi connectivity index (χ3n) is 15.9. The number of amides is 6. The van der Waals surface area contributed by atoms with Gasteiger partial charge in [0.2, 0.25) is 17.7 Å². The lowest BCUT2D eigenvalue weighted by atomic mass is 9.97. The van der Waals surface area contributed by atoms with Crippen LogP contribution in [0.4, 0.5) is 9.59 Å². The van der Waals surface area contributed by atoms with E-state index >= 15 is 14.4 Å². The number of methoxy groups -OCH3 is 2. The normalized spacial score (nSPS) is 13.1. The Labute approximate surface area is 585 Å². The quantitative estimate of drug-likeness (QED) is 0.00991. The zero-order valence-corrected chi connectivity index (χ0v) is 59.2. The van der Waals surface area contributed by atoms with E-state index in [-0.39, 0.29) is 43.2 Å². The summed E-state index contributed by atoms with van der Waals surface area (Å²) in [5, 5.41) is 17.8. The lowest BCUT2D eigenvalue weighted by Crippen LogP contribution is -2.59. The molecule has 0 aliphatic heterocycles. The summed E-state index contributed by atoms with van der Waals surface area (Å²) in [5.41, 5.74) is 1.52. The molecule has 0 aliphatic rings. The molecular weight excluding hydrogens is 1290 g/mol. The van der Waals surface area contributed by atoms with Crippen LogP contribution in [-0.4, -0.2) is 115 Å². The number of carbonyl (C=O) groups excluding carboxylic acids is 9. The Morgan fingerprint density at radius 2 is 0.880 bits per heavy atom. The van der Waals surface area contributed by atoms with Crippen molar-refractivity contribution >= 4 is 81.6 Å². The molecule has 6 amide bonds. The molecule has 0 aliphatic carbocycles. The molecule has 0 radical (unpaired) electrons. The molecule has 22 heteroatoms. The SMILES string of the molecule is COc1ccc(C(NC(=O)C[C@H](NC(=O)OCc2ccccc2)C(=O)N[C@H](C)C(=O)OC(C)[C@H](NC(=O)OC(C)(C)C)C(=O)N[C@@H](CC(C)C)C(=O)C(C(=O)N[C@@H](CC(C)C)C(=O)OCc2ccccc2)=P(c2ccccc2)(c2ccccc2)c2ccccc2)c2ccc(OC)cc2)cc1.